The van der Waals surface area contributed by atoms with Crippen LogP contribution in [0.4, 0.5) is 5.69 Å². The summed E-state index contributed by atoms with van der Waals surface area (Å²) in [5.41, 5.74) is 2.15. The highest BCUT2D eigenvalue weighted by atomic mass is 35.5. The zero-order valence-electron chi connectivity index (χ0n) is 14.4. The number of nitrogens with zero attached hydrogens (tertiary/aromatic N) is 1. The molecular formula is C20H23ClN2OS. The van der Waals surface area contributed by atoms with E-state index >= 15 is 0 Å². The minimum Gasteiger partial charge on any atom is -0.325 e. The Morgan fingerprint density at radius 3 is 2.76 bits per heavy atom. The number of hydrogen-bond donors (Lipinski definition) is 1. The molecule has 2 aromatic rings. The summed E-state index contributed by atoms with van der Waals surface area (Å²) in [5.74, 6) is 0.165. The van der Waals surface area contributed by atoms with E-state index in [4.69, 9.17) is 11.6 Å². The van der Waals surface area contributed by atoms with Crippen molar-refractivity contribution in [2.24, 2.45) is 5.92 Å². The van der Waals surface area contributed by atoms with Crippen molar-refractivity contribution in [3.63, 3.8) is 0 Å². The van der Waals surface area contributed by atoms with E-state index in [1.54, 1.807) is 11.8 Å². The lowest BCUT2D eigenvalue weighted by Crippen LogP contribution is -2.40. The second kappa shape index (κ2) is 8.75. The second-order valence-electron chi connectivity index (χ2n) is 6.39. The van der Waals surface area contributed by atoms with Crippen LogP contribution in [0.1, 0.15) is 18.4 Å². The molecule has 1 amide bonds. The maximum absolute atomic E-state index is 12.7. The van der Waals surface area contributed by atoms with Crippen molar-refractivity contribution < 1.29 is 4.79 Å². The number of anilines is 1. The molecule has 1 atom stereocenters. The van der Waals surface area contributed by atoms with Gasteiger partial charge in [-0.25, -0.2) is 0 Å². The van der Waals surface area contributed by atoms with Gasteiger partial charge in [-0.2, -0.15) is 0 Å². The highest BCUT2D eigenvalue weighted by Gasteiger charge is 2.26. The Kier molecular flexibility index (Phi) is 6.40. The Bertz CT molecular complexity index is 720. The van der Waals surface area contributed by atoms with Crippen LogP contribution in [0.3, 0.4) is 0 Å². The van der Waals surface area contributed by atoms with E-state index in [2.05, 4.69) is 22.3 Å². The third-order valence-electron chi connectivity index (χ3n) is 4.56. The maximum atomic E-state index is 12.7. The quantitative estimate of drug-likeness (QED) is 0.754. The molecule has 0 bridgehead atoms. The van der Waals surface area contributed by atoms with Gasteiger partial charge in [0, 0.05) is 23.0 Å². The van der Waals surface area contributed by atoms with Crippen LogP contribution in [0.15, 0.2) is 53.4 Å². The highest BCUT2D eigenvalue weighted by Crippen LogP contribution is 2.26. The summed E-state index contributed by atoms with van der Waals surface area (Å²) < 4.78 is 0. The zero-order chi connectivity index (χ0) is 17.6. The van der Waals surface area contributed by atoms with Crippen molar-refractivity contribution in [2.75, 3.05) is 24.7 Å². The van der Waals surface area contributed by atoms with Crippen LogP contribution < -0.4 is 5.32 Å². The van der Waals surface area contributed by atoms with Gasteiger partial charge in [-0.3, -0.25) is 9.69 Å². The van der Waals surface area contributed by atoms with Gasteiger partial charge in [0.25, 0.3) is 0 Å². The minimum absolute atomic E-state index is 0.0379. The average molecular weight is 375 g/mol. The second-order valence-corrected chi connectivity index (χ2v) is 7.67. The Morgan fingerprint density at radius 1 is 1.24 bits per heavy atom. The fourth-order valence-electron chi connectivity index (χ4n) is 3.24. The van der Waals surface area contributed by atoms with Gasteiger partial charge in [-0.15, -0.1) is 11.8 Å². The lowest BCUT2D eigenvalue weighted by atomic mass is 9.96. The molecule has 132 valence electrons. The fourth-order valence-corrected chi connectivity index (χ4v) is 3.92. The van der Waals surface area contributed by atoms with E-state index in [-0.39, 0.29) is 11.8 Å². The Balaban J connectivity index is 1.60. The number of para-hydroxylation sites is 1. The first-order chi connectivity index (χ1) is 12.2. The highest BCUT2D eigenvalue weighted by molar-refractivity contribution is 7.98. The number of benzene rings is 2. The summed E-state index contributed by atoms with van der Waals surface area (Å²) in [5, 5.41) is 3.88. The molecule has 3 nitrogen and oxygen atoms in total. The van der Waals surface area contributed by atoms with Crippen LogP contribution >= 0.6 is 23.4 Å². The molecule has 3 rings (SSSR count). The number of likely N-dealkylation sites (tertiary alicyclic amines) is 1. The van der Waals surface area contributed by atoms with Crippen LogP contribution in [0.25, 0.3) is 0 Å². The van der Waals surface area contributed by atoms with E-state index in [9.17, 15) is 4.79 Å². The molecule has 5 heteroatoms. The van der Waals surface area contributed by atoms with Crippen LogP contribution in [-0.4, -0.2) is 30.2 Å². The molecule has 1 saturated heterocycles. The van der Waals surface area contributed by atoms with Crippen LogP contribution in [-0.2, 0) is 11.3 Å². The molecule has 0 saturated carbocycles. The molecule has 1 unspecified atom stereocenters. The van der Waals surface area contributed by atoms with Gasteiger partial charge in [0.15, 0.2) is 0 Å². The van der Waals surface area contributed by atoms with E-state index in [1.165, 1.54) is 5.56 Å². The molecule has 0 spiro atoms. The van der Waals surface area contributed by atoms with Crippen molar-refractivity contribution >= 4 is 35.0 Å². The number of carbonyl (C=O) groups excluding carboxylic acids is 1. The fraction of sp³-hybridized carbons (Fsp3) is 0.350. The zero-order valence-corrected chi connectivity index (χ0v) is 15.9. The predicted octanol–water partition coefficient (Wildman–Crippen LogP) is 4.91. The molecule has 2 aromatic carbocycles. The summed E-state index contributed by atoms with van der Waals surface area (Å²) in [6.07, 6.45) is 4.03. The number of amides is 1. The number of hydrogen-bond acceptors (Lipinski definition) is 3. The monoisotopic (exact) mass is 374 g/mol. The van der Waals surface area contributed by atoms with Crippen molar-refractivity contribution in [3.8, 4) is 0 Å². The lowest BCUT2D eigenvalue weighted by Gasteiger charge is -2.32. The predicted molar refractivity (Wildman–Crippen MR) is 106 cm³/mol. The van der Waals surface area contributed by atoms with Gasteiger partial charge >= 0.3 is 0 Å². The average Bonchev–Trinajstić information content (AvgIpc) is 2.64. The Hall–Kier alpha value is -1.49. The van der Waals surface area contributed by atoms with Gasteiger partial charge in [0.05, 0.1) is 11.6 Å². The standard InChI is InChI=1S/C20H23ClN2OS/c1-25-19-7-3-2-6-18(19)22-20(24)16-5-4-12-23(14-16)13-15-8-10-17(21)11-9-15/h2-3,6-11,16H,4-5,12-14H2,1H3,(H,22,24). The lowest BCUT2D eigenvalue weighted by molar-refractivity contribution is -0.121. The molecule has 0 radical (unpaired) electrons. The SMILES string of the molecule is CSc1ccccc1NC(=O)C1CCCN(Cc2ccc(Cl)cc2)C1. The number of carbonyl (C=O) groups is 1. The van der Waals surface area contributed by atoms with E-state index in [0.717, 1.165) is 48.1 Å². The van der Waals surface area contributed by atoms with E-state index in [0.29, 0.717) is 0 Å². The normalized spacial score (nSPS) is 18.1. The third kappa shape index (κ3) is 5.00. The van der Waals surface area contributed by atoms with Crippen molar-refractivity contribution in [3.05, 3.63) is 59.1 Å². The minimum atomic E-state index is 0.0379. The first kappa shape index (κ1) is 18.3. The van der Waals surface area contributed by atoms with E-state index in [1.807, 2.05) is 42.7 Å². The van der Waals surface area contributed by atoms with Gasteiger partial charge < -0.3 is 5.32 Å². The van der Waals surface area contributed by atoms with Gasteiger partial charge in [0.1, 0.15) is 0 Å². The molecule has 1 aliphatic rings. The van der Waals surface area contributed by atoms with Crippen molar-refractivity contribution in [1.29, 1.82) is 0 Å². The topological polar surface area (TPSA) is 32.3 Å². The molecule has 1 fully saturated rings. The first-order valence-corrected chi connectivity index (χ1v) is 10.2. The number of halogens is 1. The van der Waals surface area contributed by atoms with E-state index < -0.39 is 0 Å². The van der Waals surface area contributed by atoms with Crippen LogP contribution in [0, 0.1) is 5.92 Å². The molecular weight excluding hydrogens is 352 g/mol. The van der Waals surface area contributed by atoms with Crippen LogP contribution in [0.5, 0.6) is 0 Å². The Morgan fingerprint density at radius 2 is 2.00 bits per heavy atom. The summed E-state index contributed by atoms with van der Waals surface area (Å²) in [6.45, 7) is 2.70. The summed E-state index contributed by atoms with van der Waals surface area (Å²) >= 11 is 7.60. The summed E-state index contributed by atoms with van der Waals surface area (Å²) in [4.78, 5) is 16.2. The molecule has 1 aliphatic heterocycles. The van der Waals surface area contributed by atoms with Crippen molar-refractivity contribution in [1.82, 2.24) is 4.90 Å². The maximum Gasteiger partial charge on any atom is 0.228 e. The number of thioether (sulfide) groups is 1. The Labute approximate surface area is 158 Å². The largest absolute Gasteiger partial charge is 0.325 e. The van der Waals surface area contributed by atoms with Crippen molar-refractivity contribution in [2.45, 2.75) is 24.3 Å². The number of nitrogens with one attached hydrogen (secondary N) is 1. The molecule has 0 aromatic heterocycles. The third-order valence-corrected chi connectivity index (χ3v) is 5.61. The van der Waals surface area contributed by atoms with Gasteiger partial charge in [0.2, 0.25) is 5.91 Å². The van der Waals surface area contributed by atoms with Gasteiger partial charge in [-0.05, 0) is 55.5 Å². The summed E-state index contributed by atoms with van der Waals surface area (Å²) in [7, 11) is 0. The smallest absolute Gasteiger partial charge is 0.228 e. The first-order valence-electron chi connectivity index (χ1n) is 8.56. The number of rotatable bonds is 5. The van der Waals surface area contributed by atoms with Crippen LogP contribution in [0.2, 0.25) is 5.02 Å². The van der Waals surface area contributed by atoms with Gasteiger partial charge in [-0.1, -0.05) is 35.9 Å². The molecule has 1 heterocycles. The summed E-state index contributed by atoms with van der Waals surface area (Å²) in [6, 6.07) is 15.9. The molecule has 25 heavy (non-hydrogen) atoms. The number of piperidine rings is 1. The molecule has 0 aliphatic carbocycles. The molecule has 1 N–H and O–H groups in total.